The van der Waals surface area contributed by atoms with Gasteiger partial charge in [0.2, 0.25) is 5.91 Å². The van der Waals surface area contributed by atoms with Crippen LogP contribution in [0, 0.1) is 5.92 Å². The molecule has 1 amide bonds. The predicted octanol–water partition coefficient (Wildman–Crippen LogP) is -0.0722. The molecule has 0 radical (unpaired) electrons. The van der Waals surface area contributed by atoms with E-state index >= 15 is 0 Å². The molecule has 20 heavy (non-hydrogen) atoms. The van der Waals surface area contributed by atoms with Gasteiger partial charge in [0.25, 0.3) is 10.0 Å². The zero-order valence-corrected chi connectivity index (χ0v) is 12.0. The maximum absolute atomic E-state index is 12.1. The molecule has 1 saturated carbocycles. The van der Waals surface area contributed by atoms with Crippen LogP contribution in [-0.2, 0) is 14.8 Å². The summed E-state index contributed by atoms with van der Waals surface area (Å²) in [7, 11) is -2.05. The Morgan fingerprint density at radius 3 is 2.80 bits per heavy atom. The Bertz CT molecular complexity index is 584. The van der Waals surface area contributed by atoms with E-state index in [1.165, 1.54) is 6.20 Å². The Kier molecular flexibility index (Phi) is 4.56. The second-order valence-electron chi connectivity index (χ2n) is 4.57. The summed E-state index contributed by atoms with van der Waals surface area (Å²) in [5.74, 6) is 0.122. The first-order valence-corrected chi connectivity index (χ1v) is 7.93. The highest BCUT2D eigenvalue weighted by Crippen LogP contribution is 2.28. The lowest BCUT2D eigenvalue weighted by atomic mass is 10.4. The van der Waals surface area contributed by atoms with Crippen molar-refractivity contribution in [2.45, 2.75) is 17.9 Å². The van der Waals surface area contributed by atoms with Crippen LogP contribution in [0.3, 0.4) is 0 Å². The molecule has 0 spiro atoms. The van der Waals surface area contributed by atoms with Gasteiger partial charge < -0.3 is 10.6 Å². The third-order valence-corrected chi connectivity index (χ3v) is 4.38. The van der Waals surface area contributed by atoms with Crippen molar-refractivity contribution in [1.82, 2.24) is 15.0 Å². The van der Waals surface area contributed by atoms with Crippen LogP contribution in [0.5, 0.6) is 0 Å². The van der Waals surface area contributed by atoms with Crippen LogP contribution in [0.25, 0.3) is 0 Å². The number of hydrogen-bond acceptors (Lipinski definition) is 5. The monoisotopic (exact) mass is 298 g/mol. The van der Waals surface area contributed by atoms with Crippen molar-refractivity contribution in [2.75, 3.05) is 25.5 Å². The van der Waals surface area contributed by atoms with Crippen molar-refractivity contribution in [2.24, 2.45) is 5.92 Å². The summed E-state index contributed by atoms with van der Waals surface area (Å²) < 4.78 is 26.6. The van der Waals surface area contributed by atoms with E-state index in [1.54, 1.807) is 19.2 Å². The lowest BCUT2D eigenvalue weighted by molar-refractivity contribution is -0.122. The van der Waals surface area contributed by atoms with Crippen molar-refractivity contribution in [3.05, 3.63) is 18.3 Å². The number of hydrogen-bond donors (Lipinski definition) is 3. The SMILES string of the molecule is CNc1cccnc1S(=O)(=O)NCCNC(=O)C1CC1. The van der Waals surface area contributed by atoms with Crippen molar-refractivity contribution in [3.8, 4) is 0 Å². The average molecular weight is 298 g/mol. The number of aromatic nitrogens is 1. The standard InChI is InChI=1S/C12H18N4O3S/c1-13-10-3-2-6-15-12(10)20(18,19)16-8-7-14-11(17)9-4-5-9/h2-3,6,9,13,16H,4-5,7-8H2,1H3,(H,14,17). The number of anilines is 1. The van der Waals surface area contributed by atoms with Crippen LogP contribution in [0.15, 0.2) is 23.4 Å². The van der Waals surface area contributed by atoms with Gasteiger partial charge in [-0.05, 0) is 25.0 Å². The van der Waals surface area contributed by atoms with Gasteiger partial charge in [-0.25, -0.2) is 18.1 Å². The molecule has 110 valence electrons. The highest BCUT2D eigenvalue weighted by Gasteiger charge is 2.29. The Morgan fingerprint density at radius 2 is 2.15 bits per heavy atom. The topological polar surface area (TPSA) is 100 Å². The molecule has 1 fully saturated rings. The molecule has 3 N–H and O–H groups in total. The van der Waals surface area contributed by atoms with Gasteiger partial charge in [0.15, 0.2) is 5.03 Å². The Labute approximate surface area is 118 Å². The molecular weight excluding hydrogens is 280 g/mol. The fraction of sp³-hybridized carbons (Fsp3) is 0.500. The van der Waals surface area contributed by atoms with Gasteiger partial charge in [-0.15, -0.1) is 0 Å². The highest BCUT2D eigenvalue weighted by molar-refractivity contribution is 7.89. The minimum atomic E-state index is -3.68. The second kappa shape index (κ2) is 6.19. The summed E-state index contributed by atoms with van der Waals surface area (Å²) in [6.07, 6.45) is 3.28. The second-order valence-corrected chi connectivity index (χ2v) is 6.25. The predicted molar refractivity (Wildman–Crippen MR) is 74.7 cm³/mol. The Balaban J connectivity index is 1.88. The molecule has 0 unspecified atom stereocenters. The molecule has 2 rings (SSSR count). The lowest BCUT2D eigenvalue weighted by Crippen LogP contribution is -2.35. The number of carbonyl (C=O) groups excluding carboxylic acids is 1. The molecular formula is C12H18N4O3S. The summed E-state index contributed by atoms with van der Waals surface area (Å²) in [6.45, 7) is 0.413. The maximum Gasteiger partial charge on any atom is 0.260 e. The van der Waals surface area contributed by atoms with Gasteiger partial charge in [-0.2, -0.15) is 0 Å². The summed E-state index contributed by atoms with van der Waals surface area (Å²) in [5.41, 5.74) is 0.432. The highest BCUT2D eigenvalue weighted by atomic mass is 32.2. The van der Waals surface area contributed by atoms with E-state index in [9.17, 15) is 13.2 Å². The first-order chi connectivity index (χ1) is 9.54. The summed E-state index contributed by atoms with van der Waals surface area (Å²) >= 11 is 0. The van der Waals surface area contributed by atoms with Crippen LogP contribution in [-0.4, -0.2) is 39.4 Å². The molecule has 1 aromatic rings. The molecule has 1 aliphatic carbocycles. The van der Waals surface area contributed by atoms with Gasteiger partial charge in [-0.3, -0.25) is 4.79 Å². The third-order valence-electron chi connectivity index (χ3n) is 2.96. The number of nitrogens with zero attached hydrogens (tertiary/aromatic N) is 1. The van der Waals surface area contributed by atoms with Gasteiger partial charge in [0, 0.05) is 32.3 Å². The van der Waals surface area contributed by atoms with Crippen LogP contribution < -0.4 is 15.4 Å². The molecule has 1 aliphatic rings. The first kappa shape index (κ1) is 14.7. The number of amides is 1. The van der Waals surface area contributed by atoms with Crippen molar-refractivity contribution in [3.63, 3.8) is 0 Å². The number of rotatable bonds is 7. The summed E-state index contributed by atoms with van der Waals surface area (Å²) in [5, 5.41) is 5.43. The summed E-state index contributed by atoms with van der Waals surface area (Å²) in [6, 6.07) is 3.29. The smallest absolute Gasteiger partial charge is 0.260 e. The van der Waals surface area contributed by atoms with E-state index in [0.717, 1.165) is 12.8 Å². The van der Waals surface area contributed by atoms with E-state index in [-0.39, 0.29) is 29.9 Å². The summed E-state index contributed by atoms with van der Waals surface area (Å²) in [4.78, 5) is 15.3. The van der Waals surface area contributed by atoms with Crippen LogP contribution in [0.2, 0.25) is 0 Å². The van der Waals surface area contributed by atoms with Gasteiger partial charge in [0.05, 0.1) is 5.69 Å². The molecule has 7 nitrogen and oxygen atoms in total. The first-order valence-electron chi connectivity index (χ1n) is 6.45. The Hall–Kier alpha value is -1.67. The van der Waals surface area contributed by atoms with E-state index in [4.69, 9.17) is 0 Å². The van der Waals surface area contributed by atoms with Gasteiger partial charge in [-0.1, -0.05) is 0 Å². The van der Waals surface area contributed by atoms with E-state index in [0.29, 0.717) is 5.69 Å². The molecule has 0 aliphatic heterocycles. The number of pyridine rings is 1. The third kappa shape index (κ3) is 3.67. The molecule has 1 aromatic heterocycles. The zero-order valence-electron chi connectivity index (χ0n) is 11.2. The van der Waals surface area contributed by atoms with Crippen molar-refractivity contribution in [1.29, 1.82) is 0 Å². The van der Waals surface area contributed by atoms with E-state index in [2.05, 4.69) is 20.3 Å². The molecule has 0 saturated heterocycles. The minimum absolute atomic E-state index is 0.00190. The molecule has 0 bridgehead atoms. The largest absolute Gasteiger partial charge is 0.386 e. The molecule has 0 atom stereocenters. The van der Waals surface area contributed by atoms with Crippen LogP contribution in [0.1, 0.15) is 12.8 Å². The van der Waals surface area contributed by atoms with E-state index < -0.39 is 10.0 Å². The van der Waals surface area contributed by atoms with Gasteiger partial charge in [0.1, 0.15) is 0 Å². The maximum atomic E-state index is 12.1. The number of carbonyl (C=O) groups is 1. The molecule has 1 heterocycles. The Morgan fingerprint density at radius 1 is 1.40 bits per heavy atom. The lowest BCUT2D eigenvalue weighted by Gasteiger charge is -2.10. The van der Waals surface area contributed by atoms with Gasteiger partial charge >= 0.3 is 0 Å². The van der Waals surface area contributed by atoms with Crippen molar-refractivity contribution < 1.29 is 13.2 Å². The van der Waals surface area contributed by atoms with Crippen LogP contribution in [0.4, 0.5) is 5.69 Å². The minimum Gasteiger partial charge on any atom is -0.386 e. The quantitative estimate of drug-likeness (QED) is 0.612. The van der Waals surface area contributed by atoms with Crippen LogP contribution >= 0.6 is 0 Å². The number of sulfonamides is 1. The molecule has 0 aromatic carbocycles. The fourth-order valence-electron chi connectivity index (χ4n) is 1.72. The fourth-order valence-corrected chi connectivity index (χ4v) is 2.89. The average Bonchev–Trinajstić information content (AvgIpc) is 3.28. The molecule has 8 heteroatoms. The van der Waals surface area contributed by atoms with E-state index in [1.807, 2.05) is 0 Å². The van der Waals surface area contributed by atoms with Crippen molar-refractivity contribution >= 4 is 21.6 Å². The number of nitrogens with one attached hydrogen (secondary N) is 3. The zero-order chi connectivity index (χ0) is 14.6. The normalized spacial score (nSPS) is 14.8.